The normalized spacial score (nSPS) is 42.2. The minimum atomic E-state index is -0.151. The molecule has 0 unspecified atom stereocenters. The molecule has 3 saturated heterocycles. The molecule has 4 heteroatoms. The van der Waals surface area contributed by atoms with Crippen molar-refractivity contribution in [3.05, 3.63) is 35.9 Å². The van der Waals surface area contributed by atoms with Crippen molar-refractivity contribution in [2.75, 3.05) is 6.61 Å². The fourth-order valence-electron chi connectivity index (χ4n) is 2.58. The van der Waals surface area contributed by atoms with Gasteiger partial charge in [0, 0.05) is 0 Å². The third kappa shape index (κ3) is 1.68. The van der Waals surface area contributed by atoms with Gasteiger partial charge in [-0.05, 0) is 5.56 Å². The first-order valence-corrected chi connectivity index (χ1v) is 6.00. The van der Waals surface area contributed by atoms with Gasteiger partial charge in [0.1, 0.15) is 24.4 Å². The molecule has 0 radical (unpaired) electrons. The van der Waals surface area contributed by atoms with Crippen LogP contribution in [0.3, 0.4) is 0 Å². The van der Waals surface area contributed by atoms with Crippen molar-refractivity contribution in [1.82, 2.24) is 0 Å². The summed E-state index contributed by atoms with van der Waals surface area (Å²) < 4.78 is 22.6. The minimum absolute atomic E-state index is 0.0129. The lowest BCUT2D eigenvalue weighted by atomic mass is 10.1. The molecule has 3 aliphatic heterocycles. The quantitative estimate of drug-likeness (QED) is 0.734. The Kier molecular flexibility index (Phi) is 2.23. The van der Waals surface area contributed by atoms with E-state index in [4.69, 9.17) is 18.9 Å². The Bertz CT molecular complexity index is 407. The Labute approximate surface area is 99.4 Å². The van der Waals surface area contributed by atoms with Gasteiger partial charge in [-0.25, -0.2) is 0 Å². The van der Waals surface area contributed by atoms with Crippen LogP contribution in [-0.2, 0) is 25.6 Å². The van der Waals surface area contributed by atoms with Crippen LogP contribution >= 0.6 is 0 Å². The van der Waals surface area contributed by atoms with E-state index >= 15 is 0 Å². The first-order chi connectivity index (χ1) is 8.42. The van der Waals surface area contributed by atoms with E-state index in [1.807, 2.05) is 18.2 Å². The van der Waals surface area contributed by atoms with Crippen molar-refractivity contribution in [1.29, 1.82) is 0 Å². The zero-order valence-electron chi connectivity index (χ0n) is 9.32. The maximum absolute atomic E-state index is 5.92. The zero-order chi connectivity index (χ0) is 11.2. The van der Waals surface area contributed by atoms with E-state index < -0.39 is 0 Å². The van der Waals surface area contributed by atoms with Crippen molar-refractivity contribution < 1.29 is 18.9 Å². The van der Waals surface area contributed by atoms with Crippen LogP contribution in [0.5, 0.6) is 0 Å². The number of hydrogen-bond acceptors (Lipinski definition) is 4. The molecule has 1 aromatic rings. The summed E-state index contributed by atoms with van der Waals surface area (Å²) in [4.78, 5) is 0. The summed E-state index contributed by atoms with van der Waals surface area (Å²) in [5.41, 5.74) is 1.17. The van der Waals surface area contributed by atoms with Crippen LogP contribution in [0.1, 0.15) is 5.56 Å². The highest BCUT2D eigenvalue weighted by Crippen LogP contribution is 2.43. The Morgan fingerprint density at radius 1 is 1.12 bits per heavy atom. The lowest BCUT2D eigenvalue weighted by Gasteiger charge is -2.24. The average molecular weight is 234 g/mol. The van der Waals surface area contributed by atoms with E-state index in [-0.39, 0.29) is 30.7 Å². The predicted octanol–water partition coefficient (Wildman–Crippen LogP) is 1.09. The highest BCUT2D eigenvalue weighted by atomic mass is 16.8. The van der Waals surface area contributed by atoms with E-state index in [0.717, 1.165) is 0 Å². The minimum Gasteiger partial charge on any atom is -0.368 e. The van der Waals surface area contributed by atoms with E-state index in [2.05, 4.69) is 12.1 Å². The fraction of sp³-hybridized carbons (Fsp3) is 0.538. The van der Waals surface area contributed by atoms with Gasteiger partial charge in [0.25, 0.3) is 0 Å². The molecule has 1 aromatic carbocycles. The number of ether oxygens (including phenoxy) is 4. The van der Waals surface area contributed by atoms with Crippen LogP contribution in [0.4, 0.5) is 0 Å². The van der Waals surface area contributed by atoms with E-state index in [9.17, 15) is 0 Å². The van der Waals surface area contributed by atoms with E-state index in [1.165, 1.54) is 5.56 Å². The lowest BCUT2D eigenvalue weighted by molar-refractivity contribution is -0.121. The summed E-state index contributed by atoms with van der Waals surface area (Å²) in [6.45, 7) is 1.23. The van der Waals surface area contributed by atoms with Gasteiger partial charge in [-0.3, -0.25) is 0 Å². The maximum atomic E-state index is 5.92. The fourth-order valence-corrected chi connectivity index (χ4v) is 2.58. The third-order valence-electron chi connectivity index (χ3n) is 3.54. The summed E-state index contributed by atoms with van der Waals surface area (Å²) in [6, 6.07) is 10.1. The van der Waals surface area contributed by atoms with Gasteiger partial charge in [-0.15, -0.1) is 0 Å². The molecule has 3 fully saturated rings. The van der Waals surface area contributed by atoms with Gasteiger partial charge in [-0.1, -0.05) is 30.3 Å². The van der Waals surface area contributed by atoms with Crippen LogP contribution in [0.25, 0.3) is 0 Å². The number of epoxide rings is 1. The van der Waals surface area contributed by atoms with Crippen molar-refractivity contribution in [3.63, 3.8) is 0 Å². The molecule has 0 amide bonds. The molecule has 0 spiro atoms. The molecule has 4 rings (SSSR count). The largest absolute Gasteiger partial charge is 0.368 e. The Balaban J connectivity index is 1.43. The van der Waals surface area contributed by atoms with Crippen molar-refractivity contribution >= 4 is 0 Å². The summed E-state index contributed by atoms with van der Waals surface area (Å²) in [5, 5.41) is 0. The van der Waals surface area contributed by atoms with Gasteiger partial charge in [0.05, 0.1) is 13.2 Å². The van der Waals surface area contributed by atoms with Crippen molar-refractivity contribution in [3.8, 4) is 0 Å². The van der Waals surface area contributed by atoms with Crippen LogP contribution in [0.2, 0.25) is 0 Å². The molecular weight excluding hydrogens is 220 g/mol. The number of fused-ring (bicyclic) bond motifs is 4. The Hall–Kier alpha value is -0.940. The summed E-state index contributed by atoms with van der Waals surface area (Å²) >= 11 is 0. The Morgan fingerprint density at radius 3 is 2.88 bits per heavy atom. The Morgan fingerprint density at radius 2 is 2.00 bits per heavy atom. The molecule has 3 heterocycles. The lowest BCUT2D eigenvalue weighted by Crippen LogP contribution is -2.41. The van der Waals surface area contributed by atoms with Crippen LogP contribution in [0, 0.1) is 0 Å². The van der Waals surface area contributed by atoms with Gasteiger partial charge in [-0.2, -0.15) is 0 Å². The smallest absolute Gasteiger partial charge is 0.187 e. The standard InChI is InChI=1S/C13H14O4/c1-2-4-8(5-3-1)6-14-10-9-7-15-13(16-9)12-11(10)17-12/h1-5,9-13H,6-7H2/t9-,10+,11+,12-,13+/m0/s1. The average Bonchev–Trinajstić information content (AvgIpc) is 3.05. The van der Waals surface area contributed by atoms with E-state index in [1.54, 1.807) is 0 Å². The van der Waals surface area contributed by atoms with Crippen LogP contribution in [-0.4, -0.2) is 37.3 Å². The van der Waals surface area contributed by atoms with Gasteiger partial charge in [0.2, 0.25) is 0 Å². The number of benzene rings is 1. The molecule has 0 aliphatic carbocycles. The molecule has 4 nitrogen and oxygen atoms in total. The van der Waals surface area contributed by atoms with Gasteiger partial charge < -0.3 is 18.9 Å². The molecule has 90 valence electrons. The highest BCUT2D eigenvalue weighted by molar-refractivity contribution is 5.14. The second-order valence-corrected chi connectivity index (χ2v) is 4.70. The topological polar surface area (TPSA) is 40.2 Å². The second-order valence-electron chi connectivity index (χ2n) is 4.70. The molecular formula is C13H14O4. The predicted molar refractivity (Wildman–Crippen MR) is 58.3 cm³/mol. The zero-order valence-corrected chi connectivity index (χ0v) is 9.32. The highest BCUT2D eigenvalue weighted by Gasteiger charge is 2.62. The molecule has 0 saturated carbocycles. The number of hydrogen-bond donors (Lipinski definition) is 0. The van der Waals surface area contributed by atoms with Crippen LogP contribution in [0.15, 0.2) is 30.3 Å². The third-order valence-corrected chi connectivity index (χ3v) is 3.54. The molecule has 17 heavy (non-hydrogen) atoms. The second kappa shape index (κ2) is 3.78. The molecule has 2 bridgehead atoms. The van der Waals surface area contributed by atoms with Crippen LogP contribution < -0.4 is 0 Å². The molecule has 5 atom stereocenters. The molecule has 0 N–H and O–H groups in total. The molecule has 0 aromatic heterocycles. The van der Waals surface area contributed by atoms with Gasteiger partial charge >= 0.3 is 0 Å². The first kappa shape index (κ1) is 10.0. The molecule has 3 aliphatic rings. The number of rotatable bonds is 3. The monoisotopic (exact) mass is 234 g/mol. The first-order valence-electron chi connectivity index (χ1n) is 6.00. The maximum Gasteiger partial charge on any atom is 0.187 e. The summed E-state index contributed by atoms with van der Waals surface area (Å²) in [7, 11) is 0. The summed E-state index contributed by atoms with van der Waals surface area (Å²) in [6.07, 6.45) is 0.160. The van der Waals surface area contributed by atoms with Gasteiger partial charge in [0.15, 0.2) is 6.29 Å². The van der Waals surface area contributed by atoms with E-state index in [0.29, 0.717) is 13.2 Å². The summed E-state index contributed by atoms with van der Waals surface area (Å²) in [5.74, 6) is 0. The SMILES string of the molecule is c1ccc(CO[C@H]2[C@H]3O[C@@H]3[C@@H]3OC[C@@H]2O3)cc1. The van der Waals surface area contributed by atoms with Crippen molar-refractivity contribution in [2.24, 2.45) is 0 Å². The van der Waals surface area contributed by atoms with Crippen molar-refractivity contribution in [2.45, 2.75) is 37.3 Å².